The third-order valence-corrected chi connectivity index (χ3v) is 3.85. The van der Waals surface area contributed by atoms with Gasteiger partial charge >= 0.3 is 0 Å². The first kappa shape index (κ1) is 15.9. The number of rotatable bonds is 3. The van der Waals surface area contributed by atoms with Crippen molar-refractivity contribution in [2.75, 3.05) is 7.11 Å². The minimum absolute atomic E-state index is 0.187. The Kier molecular flexibility index (Phi) is 3.93. The molecule has 0 bridgehead atoms. The number of hydrogen-bond acceptors (Lipinski definition) is 2. The van der Waals surface area contributed by atoms with Crippen LogP contribution in [0.1, 0.15) is 12.5 Å². The standard InChI is InChI=1S/C19H15F2NO2/c1-11(2)17-13-6-4-5-7-14(13)19(23)22(18(17)21)16-10-12(24-3)8-9-15(16)20/h4-10H,1H2,2-3H3. The monoisotopic (exact) mass is 327 g/mol. The Hall–Kier alpha value is -2.95. The minimum Gasteiger partial charge on any atom is -0.497 e. The number of ether oxygens (including phenoxy) is 1. The van der Waals surface area contributed by atoms with Gasteiger partial charge in [-0.1, -0.05) is 24.8 Å². The number of aromatic nitrogens is 1. The number of halogens is 2. The SMILES string of the molecule is C=C(C)c1c(F)n(-c2cc(OC)ccc2F)c(=O)c2ccccc12. The van der Waals surface area contributed by atoms with Crippen LogP contribution in [0, 0.1) is 11.8 Å². The second kappa shape index (κ2) is 5.92. The van der Waals surface area contributed by atoms with Crippen LogP contribution in [0.5, 0.6) is 5.75 Å². The van der Waals surface area contributed by atoms with Crippen molar-refractivity contribution in [3.05, 3.63) is 76.7 Å². The maximum atomic E-state index is 15.1. The molecule has 0 fully saturated rings. The smallest absolute Gasteiger partial charge is 0.265 e. The molecule has 0 aliphatic rings. The first-order valence-electron chi connectivity index (χ1n) is 7.28. The van der Waals surface area contributed by atoms with Crippen LogP contribution in [0.4, 0.5) is 8.78 Å². The van der Waals surface area contributed by atoms with Crippen LogP contribution in [0.25, 0.3) is 22.0 Å². The van der Waals surface area contributed by atoms with Crippen LogP contribution in [0.3, 0.4) is 0 Å². The Labute approximate surface area is 137 Å². The Morgan fingerprint density at radius 1 is 1.12 bits per heavy atom. The predicted octanol–water partition coefficient (Wildman–Crippen LogP) is 4.31. The fourth-order valence-electron chi connectivity index (χ4n) is 2.73. The van der Waals surface area contributed by atoms with Crippen molar-refractivity contribution >= 4 is 16.3 Å². The summed E-state index contributed by atoms with van der Waals surface area (Å²) in [5.41, 5.74) is -0.210. The molecule has 1 heterocycles. The average Bonchev–Trinajstić information content (AvgIpc) is 2.56. The Balaban J connectivity index is 2.50. The zero-order valence-electron chi connectivity index (χ0n) is 13.3. The zero-order valence-corrected chi connectivity index (χ0v) is 13.3. The van der Waals surface area contributed by atoms with Gasteiger partial charge in [0.1, 0.15) is 11.6 Å². The quantitative estimate of drug-likeness (QED) is 0.671. The van der Waals surface area contributed by atoms with Crippen LogP contribution in [-0.4, -0.2) is 11.7 Å². The van der Waals surface area contributed by atoms with E-state index in [0.717, 1.165) is 10.6 Å². The number of pyridine rings is 1. The normalized spacial score (nSPS) is 10.8. The molecule has 0 aliphatic carbocycles. The van der Waals surface area contributed by atoms with E-state index in [4.69, 9.17) is 4.74 Å². The van der Waals surface area contributed by atoms with Crippen LogP contribution < -0.4 is 10.3 Å². The van der Waals surface area contributed by atoms with Gasteiger partial charge in [-0.25, -0.2) is 8.96 Å². The van der Waals surface area contributed by atoms with Crippen molar-refractivity contribution in [3.8, 4) is 11.4 Å². The van der Waals surface area contributed by atoms with E-state index in [1.807, 2.05) is 0 Å². The van der Waals surface area contributed by atoms with Crippen molar-refractivity contribution < 1.29 is 13.5 Å². The van der Waals surface area contributed by atoms with Gasteiger partial charge in [-0.3, -0.25) is 4.79 Å². The number of methoxy groups -OCH3 is 1. The second-order valence-corrected chi connectivity index (χ2v) is 5.45. The van der Waals surface area contributed by atoms with Gasteiger partial charge in [0.25, 0.3) is 5.56 Å². The van der Waals surface area contributed by atoms with Crippen LogP contribution in [0.15, 0.2) is 53.8 Å². The summed E-state index contributed by atoms with van der Waals surface area (Å²) in [5.74, 6) is -1.25. The number of nitrogens with zero attached hydrogens (tertiary/aromatic N) is 1. The summed E-state index contributed by atoms with van der Waals surface area (Å²) in [6.45, 7) is 5.42. The van der Waals surface area contributed by atoms with Crippen molar-refractivity contribution in [1.29, 1.82) is 0 Å². The van der Waals surface area contributed by atoms with E-state index in [1.54, 1.807) is 31.2 Å². The van der Waals surface area contributed by atoms with Crippen LogP contribution in [0.2, 0.25) is 0 Å². The highest BCUT2D eigenvalue weighted by Crippen LogP contribution is 2.28. The van der Waals surface area contributed by atoms with E-state index in [-0.39, 0.29) is 11.3 Å². The number of allylic oxidation sites excluding steroid dienone is 1. The second-order valence-electron chi connectivity index (χ2n) is 5.45. The molecule has 0 aliphatic heterocycles. The largest absolute Gasteiger partial charge is 0.497 e. The van der Waals surface area contributed by atoms with Crippen molar-refractivity contribution in [1.82, 2.24) is 4.57 Å². The topological polar surface area (TPSA) is 31.2 Å². The Morgan fingerprint density at radius 3 is 2.42 bits per heavy atom. The molecule has 0 saturated heterocycles. The Morgan fingerprint density at radius 2 is 1.79 bits per heavy atom. The van der Waals surface area contributed by atoms with Crippen LogP contribution in [-0.2, 0) is 0 Å². The van der Waals surface area contributed by atoms with Crippen molar-refractivity contribution in [2.24, 2.45) is 0 Å². The number of benzene rings is 2. The highest BCUT2D eigenvalue weighted by Gasteiger charge is 2.20. The fourth-order valence-corrected chi connectivity index (χ4v) is 2.73. The molecule has 24 heavy (non-hydrogen) atoms. The molecule has 0 saturated carbocycles. The third-order valence-electron chi connectivity index (χ3n) is 3.85. The molecule has 5 heteroatoms. The van der Waals surface area contributed by atoms with E-state index < -0.39 is 17.3 Å². The van der Waals surface area contributed by atoms with Gasteiger partial charge < -0.3 is 4.74 Å². The number of hydrogen-bond donors (Lipinski definition) is 0. The van der Waals surface area contributed by atoms with Gasteiger partial charge in [-0.05, 0) is 36.1 Å². The lowest BCUT2D eigenvalue weighted by molar-refractivity contribution is 0.412. The van der Waals surface area contributed by atoms with E-state index in [2.05, 4.69) is 6.58 Å². The first-order valence-corrected chi connectivity index (χ1v) is 7.28. The van der Waals surface area contributed by atoms with E-state index >= 15 is 4.39 Å². The molecular weight excluding hydrogens is 312 g/mol. The maximum absolute atomic E-state index is 15.1. The molecular formula is C19H15F2NO2. The summed E-state index contributed by atoms with van der Waals surface area (Å²) in [7, 11) is 1.41. The fraction of sp³-hybridized carbons (Fsp3) is 0.105. The summed E-state index contributed by atoms with van der Waals surface area (Å²) in [6.07, 6.45) is 0. The maximum Gasteiger partial charge on any atom is 0.265 e. The Bertz CT molecular complexity index is 1020. The third kappa shape index (κ3) is 2.38. The molecule has 0 N–H and O–H groups in total. The van der Waals surface area contributed by atoms with E-state index in [1.165, 1.54) is 19.2 Å². The van der Waals surface area contributed by atoms with Gasteiger partial charge in [0, 0.05) is 17.0 Å². The first-order chi connectivity index (χ1) is 11.5. The molecule has 122 valence electrons. The molecule has 0 amide bonds. The molecule has 3 nitrogen and oxygen atoms in total. The molecule has 2 aromatic carbocycles. The van der Waals surface area contributed by atoms with Crippen LogP contribution >= 0.6 is 0 Å². The molecule has 3 aromatic rings. The molecule has 3 rings (SSSR count). The lowest BCUT2D eigenvalue weighted by Gasteiger charge is -2.15. The zero-order chi connectivity index (χ0) is 17.4. The van der Waals surface area contributed by atoms with Gasteiger partial charge in [-0.2, -0.15) is 4.39 Å². The van der Waals surface area contributed by atoms with Gasteiger partial charge in [0.05, 0.1) is 12.8 Å². The predicted molar refractivity (Wildman–Crippen MR) is 90.7 cm³/mol. The summed E-state index contributed by atoms with van der Waals surface area (Å²) in [6, 6.07) is 10.4. The van der Waals surface area contributed by atoms with Crippen molar-refractivity contribution in [2.45, 2.75) is 6.92 Å². The van der Waals surface area contributed by atoms with E-state index in [9.17, 15) is 9.18 Å². The highest BCUT2D eigenvalue weighted by atomic mass is 19.1. The van der Waals surface area contributed by atoms with Crippen molar-refractivity contribution in [3.63, 3.8) is 0 Å². The molecule has 0 atom stereocenters. The number of fused-ring (bicyclic) bond motifs is 1. The summed E-state index contributed by atoms with van der Waals surface area (Å²) in [5, 5.41) is 0.742. The summed E-state index contributed by atoms with van der Waals surface area (Å²) in [4.78, 5) is 12.8. The summed E-state index contributed by atoms with van der Waals surface area (Å²) < 4.78 is 35.2. The molecule has 0 spiro atoms. The highest BCUT2D eigenvalue weighted by molar-refractivity contribution is 5.92. The lowest BCUT2D eigenvalue weighted by Crippen LogP contribution is -2.24. The molecule has 1 aromatic heterocycles. The summed E-state index contributed by atoms with van der Waals surface area (Å²) >= 11 is 0. The minimum atomic E-state index is -0.849. The molecule has 0 unspecified atom stereocenters. The molecule has 0 radical (unpaired) electrons. The van der Waals surface area contributed by atoms with Gasteiger partial charge in [-0.15, -0.1) is 0 Å². The lowest BCUT2D eigenvalue weighted by atomic mass is 10.0. The average molecular weight is 327 g/mol. The van der Waals surface area contributed by atoms with E-state index in [0.29, 0.717) is 22.1 Å². The van der Waals surface area contributed by atoms with Gasteiger partial charge in [0.15, 0.2) is 0 Å². The van der Waals surface area contributed by atoms with Gasteiger partial charge in [0.2, 0.25) is 5.95 Å².